The van der Waals surface area contributed by atoms with Crippen LogP contribution in [0.15, 0.2) is 48.8 Å². The SMILES string of the molecule is CC(C)(C)OC(=O)N1CCN(C(=O)c2cc3ccc(-c4cc(NCCCN5CCCCC5)c5cnccc5n4)cc3n2COCC[Si](C)(C)C)CC1. The van der Waals surface area contributed by atoms with Gasteiger partial charge in [0, 0.05) is 81.8 Å². The number of pyridine rings is 2. The van der Waals surface area contributed by atoms with E-state index in [-0.39, 0.29) is 18.7 Å². The summed E-state index contributed by atoms with van der Waals surface area (Å²) in [5.74, 6) is -0.0669. The molecule has 0 atom stereocenters. The first kappa shape index (κ1) is 37.7. The van der Waals surface area contributed by atoms with Gasteiger partial charge in [-0.05, 0) is 90.0 Å². The average molecular weight is 728 g/mol. The van der Waals surface area contributed by atoms with E-state index in [1.807, 2.05) is 48.6 Å². The fourth-order valence-corrected chi connectivity index (χ4v) is 7.67. The van der Waals surface area contributed by atoms with Crippen molar-refractivity contribution in [3.63, 3.8) is 0 Å². The van der Waals surface area contributed by atoms with Crippen molar-refractivity contribution in [1.82, 2.24) is 29.2 Å². The molecule has 1 N–H and O–H groups in total. The predicted octanol–water partition coefficient (Wildman–Crippen LogP) is 7.54. The molecular weight excluding hydrogens is 671 g/mol. The van der Waals surface area contributed by atoms with Crippen LogP contribution in [0.1, 0.15) is 56.9 Å². The number of hydrogen-bond acceptors (Lipinski definition) is 8. The minimum Gasteiger partial charge on any atom is -0.444 e. The fourth-order valence-electron chi connectivity index (χ4n) is 6.92. The Kier molecular flexibility index (Phi) is 11.9. The quantitative estimate of drug-likeness (QED) is 0.118. The van der Waals surface area contributed by atoms with E-state index in [4.69, 9.17) is 14.5 Å². The number of piperazine rings is 1. The van der Waals surface area contributed by atoms with Crippen LogP contribution in [-0.2, 0) is 16.2 Å². The van der Waals surface area contributed by atoms with Gasteiger partial charge in [0.2, 0.25) is 0 Å². The number of ether oxygens (including phenoxy) is 2. The molecule has 2 aliphatic heterocycles. The van der Waals surface area contributed by atoms with Crippen LogP contribution in [0.5, 0.6) is 0 Å². The first-order chi connectivity index (χ1) is 24.8. The van der Waals surface area contributed by atoms with Crippen molar-refractivity contribution in [2.45, 2.75) is 84.5 Å². The third-order valence-corrected chi connectivity index (χ3v) is 11.6. The molecule has 2 saturated heterocycles. The number of fused-ring (bicyclic) bond motifs is 2. The maximum atomic E-state index is 14.2. The summed E-state index contributed by atoms with van der Waals surface area (Å²) >= 11 is 0. The van der Waals surface area contributed by atoms with Gasteiger partial charge < -0.3 is 34.1 Å². The van der Waals surface area contributed by atoms with E-state index in [0.29, 0.717) is 38.5 Å². The summed E-state index contributed by atoms with van der Waals surface area (Å²) in [6.07, 6.45) is 8.36. The van der Waals surface area contributed by atoms with Gasteiger partial charge >= 0.3 is 6.09 Å². The van der Waals surface area contributed by atoms with Gasteiger partial charge in [0.1, 0.15) is 18.0 Å². The second kappa shape index (κ2) is 16.3. The molecule has 11 nitrogen and oxygen atoms in total. The number of nitrogens with zero attached hydrogens (tertiary/aromatic N) is 6. The highest BCUT2D eigenvalue weighted by Crippen LogP contribution is 2.32. The van der Waals surface area contributed by atoms with Gasteiger partial charge in [-0.2, -0.15) is 0 Å². The van der Waals surface area contributed by atoms with E-state index in [9.17, 15) is 9.59 Å². The van der Waals surface area contributed by atoms with Gasteiger partial charge in [0.15, 0.2) is 0 Å². The number of anilines is 1. The largest absolute Gasteiger partial charge is 0.444 e. The Labute approximate surface area is 309 Å². The monoisotopic (exact) mass is 727 g/mol. The Morgan fingerprint density at radius 2 is 1.67 bits per heavy atom. The molecule has 1 aromatic carbocycles. The topological polar surface area (TPSA) is 105 Å². The number of piperidine rings is 1. The number of rotatable bonds is 12. The summed E-state index contributed by atoms with van der Waals surface area (Å²) in [5.41, 5.74) is 4.68. The zero-order valence-electron chi connectivity index (χ0n) is 32.0. The Morgan fingerprint density at radius 3 is 2.40 bits per heavy atom. The number of aromatic nitrogens is 3. The van der Waals surface area contributed by atoms with E-state index >= 15 is 0 Å². The highest BCUT2D eigenvalue weighted by Gasteiger charge is 2.30. The lowest BCUT2D eigenvalue weighted by Gasteiger charge is -2.35. The van der Waals surface area contributed by atoms with Crippen molar-refractivity contribution < 1.29 is 19.1 Å². The van der Waals surface area contributed by atoms with Gasteiger partial charge in [0.05, 0.1) is 16.7 Å². The van der Waals surface area contributed by atoms with Crippen molar-refractivity contribution >= 4 is 47.6 Å². The maximum absolute atomic E-state index is 14.2. The van der Waals surface area contributed by atoms with Crippen molar-refractivity contribution in [2.24, 2.45) is 0 Å². The normalized spacial score (nSPS) is 16.1. The van der Waals surface area contributed by atoms with Gasteiger partial charge in [-0.1, -0.05) is 38.2 Å². The lowest BCUT2D eigenvalue weighted by Crippen LogP contribution is -2.51. The Morgan fingerprint density at radius 1 is 0.923 bits per heavy atom. The van der Waals surface area contributed by atoms with Crippen molar-refractivity contribution in [2.75, 3.05) is 64.3 Å². The minimum absolute atomic E-state index is 0.0669. The molecule has 4 aromatic rings. The molecule has 0 aliphatic carbocycles. The average Bonchev–Trinajstić information content (AvgIpc) is 3.48. The molecule has 0 saturated carbocycles. The van der Waals surface area contributed by atoms with Crippen molar-refractivity contribution in [3.8, 4) is 11.3 Å². The zero-order valence-corrected chi connectivity index (χ0v) is 33.0. The van der Waals surface area contributed by atoms with Crippen molar-refractivity contribution in [3.05, 3.63) is 54.5 Å². The van der Waals surface area contributed by atoms with Crippen LogP contribution in [0.3, 0.4) is 0 Å². The van der Waals surface area contributed by atoms with E-state index in [0.717, 1.165) is 64.3 Å². The lowest BCUT2D eigenvalue weighted by atomic mass is 10.1. The summed E-state index contributed by atoms with van der Waals surface area (Å²) in [6, 6.07) is 13.4. The van der Waals surface area contributed by atoms with E-state index < -0.39 is 13.7 Å². The first-order valence-electron chi connectivity index (χ1n) is 19.0. The predicted molar refractivity (Wildman–Crippen MR) is 212 cm³/mol. The van der Waals surface area contributed by atoms with Gasteiger partial charge in [-0.3, -0.25) is 9.78 Å². The van der Waals surface area contributed by atoms with Crippen LogP contribution in [0.2, 0.25) is 25.7 Å². The number of carbonyl (C=O) groups is 2. The Hall–Kier alpha value is -4.00. The molecular formula is C40H57N7O4Si. The number of amides is 2. The highest BCUT2D eigenvalue weighted by molar-refractivity contribution is 6.76. The molecule has 2 amide bonds. The first-order valence-corrected chi connectivity index (χ1v) is 22.7. The number of likely N-dealkylation sites (tertiary alicyclic amines) is 1. The Balaban J connectivity index is 1.25. The maximum Gasteiger partial charge on any atom is 0.410 e. The van der Waals surface area contributed by atoms with E-state index in [1.165, 1.54) is 32.4 Å². The number of nitrogens with one attached hydrogen (secondary N) is 1. The fraction of sp³-hybridized carbons (Fsp3) is 0.550. The van der Waals surface area contributed by atoms with Crippen LogP contribution < -0.4 is 5.32 Å². The minimum atomic E-state index is -1.30. The molecule has 0 spiro atoms. The summed E-state index contributed by atoms with van der Waals surface area (Å²) in [6.45, 7) is 19.6. The highest BCUT2D eigenvalue weighted by atomic mass is 28.3. The molecule has 6 rings (SSSR count). The van der Waals surface area contributed by atoms with Gasteiger partial charge in [0.25, 0.3) is 5.91 Å². The van der Waals surface area contributed by atoms with Gasteiger partial charge in [-0.15, -0.1) is 0 Å². The molecule has 12 heteroatoms. The second-order valence-electron chi connectivity index (χ2n) is 16.5. The van der Waals surface area contributed by atoms with Crippen molar-refractivity contribution in [1.29, 1.82) is 0 Å². The van der Waals surface area contributed by atoms with E-state index in [2.05, 4.69) is 59.1 Å². The number of carbonyl (C=O) groups excluding carboxylic acids is 2. The smallest absolute Gasteiger partial charge is 0.410 e. The lowest BCUT2D eigenvalue weighted by molar-refractivity contribution is 0.0137. The summed E-state index contributed by atoms with van der Waals surface area (Å²) in [5, 5.41) is 5.67. The number of hydrogen-bond donors (Lipinski definition) is 1. The zero-order chi connectivity index (χ0) is 36.9. The van der Waals surface area contributed by atoms with Crippen LogP contribution in [0, 0.1) is 0 Å². The van der Waals surface area contributed by atoms with Crippen LogP contribution in [-0.4, -0.2) is 114 Å². The van der Waals surface area contributed by atoms with Crippen LogP contribution >= 0.6 is 0 Å². The molecule has 0 unspecified atom stereocenters. The Bertz CT molecular complexity index is 1850. The molecule has 280 valence electrons. The molecule has 2 aliphatic rings. The number of benzene rings is 1. The van der Waals surface area contributed by atoms with E-state index in [1.54, 1.807) is 11.1 Å². The summed E-state index contributed by atoms with van der Waals surface area (Å²) in [7, 11) is -1.30. The standard InChI is InChI=1S/C40H57N7O4Si/c1-40(2,3)51-39(49)46-21-19-45(20-22-46)38(48)37-26-31-12-11-30(25-36(31)47(37)29-50-23-24-52(4,5)6)34-27-35(32-28-41-15-13-33(32)43-34)42-14-10-18-44-16-8-7-9-17-44/h11-13,15,25-28H,7-10,14,16-24,29H2,1-6H3,(H,42,43). The molecule has 0 bridgehead atoms. The molecule has 0 radical (unpaired) electrons. The third-order valence-electron chi connectivity index (χ3n) is 9.88. The summed E-state index contributed by atoms with van der Waals surface area (Å²) in [4.78, 5) is 42.4. The molecule has 5 heterocycles. The summed E-state index contributed by atoms with van der Waals surface area (Å²) < 4.78 is 13.9. The third kappa shape index (κ3) is 9.70. The van der Waals surface area contributed by atoms with Crippen LogP contribution in [0.25, 0.3) is 33.1 Å². The molecule has 2 fully saturated rings. The second-order valence-corrected chi connectivity index (χ2v) is 22.1. The van der Waals surface area contributed by atoms with Gasteiger partial charge in [-0.25, -0.2) is 9.78 Å². The molecule has 52 heavy (non-hydrogen) atoms. The van der Waals surface area contributed by atoms with Crippen LogP contribution in [0.4, 0.5) is 10.5 Å². The molecule has 3 aromatic heterocycles.